The van der Waals surface area contributed by atoms with Gasteiger partial charge in [-0.25, -0.2) is 5.43 Å². The third-order valence-electron chi connectivity index (χ3n) is 1.21. The Balaban J connectivity index is 4.15. The molecule has 0 aliphatic heterocycles. The topological polar surface area (TPSA) is 76.0 Å². The molecule has 0 radical (unpaired) electrons. The number of aliphatic hydroxyl groups excluding tert-OH is 2. The van der Waals surface area contributed by atoms with Crippen molar-refractivity contribution in [3.63, 3.8) is 0 Å². The highest BCUT2D eigenvalue weighted by Gasteiger charge is 2.22. The molecule has 0 bridgehead atoms. The number of hydrogen-bond donors (Lipinski definition) is 4. The van der Waals surface area contributed by atoms with Crippen molar-refractivity contribution in [3.05, 3.63) is 0 Å². The van der Waals surface area contributed by atoms with Crippen molar-refractivity contribution in [1.29, 1.82) is 0 Å². The van der Waals surface area contributed by atoms with Gasteiger partial charge in [-0.2, -0.15) is 5.01 Å². The fraction of sp³-hybridized carbons (Fsp3) is 1.00. The second kappa shape index (κ2) is 4.15. The molecule has 2 atom stereocenters. The fourth-order valence-corrected chi connectivity index (χ4v) is 0.815. The molecule has 4 N–H and O–H groups in total. The predicted octanol–water partition coefficient (Wildman–Crippen LogP) is -0.802. The number of rotatable bonds is 4. The van der Waals surface area contributed by atoms with Gasteiger partial charge in [0.15, 0.2) is 0 Å². The van der Waals surface area contributed by atoms with Crippen LogP contribution in [-0.2, 0) is 0 Å². The lowest BCUT2D eigenvalue weighted by Gasteiger charge is -2.34. The van der Waals surface area contributed by atoms with Crippen molar-refractivity contribution in [3.8, 4) is 0 Å². The zero-order valence-electron chi connectivity index (χ0n) is 7.94. The SMILES string of the molecule is CC(O)N(NC(C)(C)O)C(C)O. The van der Waals surface area contributed by atoms with Crippen LogP contribution in [0.25, 0.3) is 0 Å². The first-order chi connectivity index (χ1) is 5.24. The van der Waals surface area contributed by atoms with Crippen LogP contribution in [0, 0.1) is 0 Å². The maximum Gasteiger partial charge on any atom is 0.122 e. The Kier molecular flexibility index (Phi) is 4.09. The summed E-state index contributed by atoms with van der Waals surface area (Å²) in [6, 6.07) is 0. The molecule has 0 aromatic heterocycles. The third kappa shape index (κ3) is 4.63. The van der Waals surface area contributed by atoms with Gasteiger partial charge >= 0.3 is 0 Å². The van der Waals surface area contributed by atoms with E-state index in [1.165, 1.54) is 27.7 Å². The summed E-state index contributed by atoms with van der Waals surface area (Å²) in [5, 5.41) is 28.7. The monoisotopic (exact) mass is 178 g/mol. The largest absolute Gasteiger partial charge is 0.377 e. The minimum absolute atomic E-state index is 0.864. The summed E-state index contributed by atoms with van der Waals surface area (Å²) in [5.74, 6) is 0. The van der Waals surface area contributed by atoms with Crippen molar-refractivity contribution in [1.82, 2.24) is 10.4 Å². The molecule has 5 heteroatoms. The van der Waals surface area contributed by atoms with Crippen LogP contribution >= 0.6 is 0 Å². The second-order valence-corrected chi connectivity index (χ2v) is 3.34. The minimum atomic E-state index is -1.16. The van der Waals surface area contributed by atoms with Gasteiger partial charge in [-0.05, 0) is 27.7 Å². The number of hydrazine groups is 1. The van der Waals surface area contributed by atoms with Gasteiger partial charge in [0.25, 0.3) is 0 Å². The van der Waals surface area contributed by atoms with Crippen LogP contribution in [0.15, 0.2) is 0 Å². The summed E-state index contributed by atoms with van der Waals surface area (Å²) in [7, 11) is 0. The quantitative estimate of drug-likeness (QED) is 0.335. The van der Waals surface area contributed by atoms with Gasteiger partial charge in [0, 0.05) is 0 Å². The first-order valence-electron chi connectivity index (χ1n) is 3.88. The van der Waals surface area contributed by atoms with E-state index >= 15 is 0 Å². The molecular weight excluding hydrogens is 160 g/mol. The Hall–Kier alpha value is -0.200. The van der Waals surface area contributed by atoms with Crippen molar-refractivity contribution < 1.29 is 15.3 Å². The van der Waals surface area contributed by atoms with Gasteiger partial charge in [-0.15, -0.1) is 0 Å². The summed E-state index contributed by atoms with van der Waals surface area (Å²) in [6.45, 7) is 6.02. The van der Waals surface area contributed by atoms with E-state index in [0.717, 1.165) is 5.01 Å². The molecule has 0 aliphatic carbocycles. The fourth-order valence-electron chi connectivity index (χ4n) is 0.815. The number of aliphatic hydroxyl groups is 3. The molecular formula is C7H18N2O3. The van der Waals surface area contributed by atoms with Gasteiger partial charge in [-0.3, -0.25) is 0 Å². The Morgan fingerprint density at radius 1 is 1.17 bits per heavy atom. The highest BCUT2D eigenvalue weighted by molar-refractivity contribution is 4.62. The molecule has 0 spiro atoms. The molecule has 74 valence electrons. The zero-order valence-corrected chi connectivity index (χ0v) is 7.94. The van der Waals surface area contributed by atoms with Crippen LogP contribution in [0.5, 0.6) is 0 Å². The van der Waals surface area contributed by atoms with Crippen LogP contribution in [0.1, 0.15) is 27.7 Å². The summed E-state index contributed by atoms with van der Waals surface area (Å²) in [6.07, 6.45) is -1.73. The first-order valence-corrected chi connectivity index (χ1v) is 3.88. The third-order valence-corrected chi connectivity index (χ3v) is 1.21. The summed E-state index contributed by atoms with van der Waals surface area (Å²) >= 11 is 0. The summed E-state index contributed by atoms with van der Waals surface area (Å²) in [5.41, 5.74) is 1.39. The minimum Gasteiger partial charge on any atom is -0.377 e. The van der Waals surface area contributed by atoms with E-state index < -0.39 is 18.2 Å². The van der Waals surface area contributed by atoms with Gasteiger partial charge in [0.1, 0.15) is 18.2 Å². The van der Waals surface area contributed by atoms with Gasteiger partial charge < -0.3 is 15.3 Å². The molecule has 0 saturated carbocycles. The Morgan fingerprint density at radius 2 is 1.50 bits per heavy atom. The Morgan fingerprint density at radius 3 is 1.58 bits per heavy atom. The zero-order chi connectivity index (χ0) is 9.94. The molecule has 5 nitrogen and oxygen atoms in total. The van der Waals surface area contributed by atoms with E-state index in [1.54, 1.807) is 0 Å². The van der Waals surface area contributed by atoms with Crippen molar-refractivity contribution >= 4 is 0 Å². The molecule has 0 heterocycles. The van der Waals surface area contributed by atoms with E-state index in [1.807, 2.05) is 0 Å². The number of hydrogen-bond acceptors (Lipinski definition) is 5. The maximum atomic E-state index is 9.31. The van der Waals surface area contributed by atoms with Gasteiger partial charge in [-0.1, -0.05) is 0 Å². The second-order valence-electron chi connectivity index (χ2n) is 3.34. The van der Waals surface area contributed by atoms with Crippen molar-refractivity contribution in [2.45, 2.75) is 45.9 Å². The van der Waals surface area contributed by atoms with Crippen LogP contribution < -0.4 is 5.43 Å². The average Bonchev–Trinajstić information content (AvgIpc) is 1.79. The van der Waals surface area contributed by atoms with E-state index in [9.17, 15) is 5.11 Å². The van der Waals surface area contributed by atoms with E-state index in [2.05, 4.69) is 5.43 Å². The van der Waals surface area contributed by atoms with Crippen LogP contribution in [0.4, 0.5) is 0 Å². The predicted molar refractivity (Wildman–Crippen MR) is 44.6 cm³/mol. The smallest absolute Gasteiger partial charge is 0.122 e. The lowest BCUT2D eigenvalue weighted by molar-refractivity contribution is -0.166. The standard InChI is InChI=1S/C7H18N2O3/c1-5(10)9(6(2)11)8-7(3,4)12/h5-6,8,10-12H,1-4H3. The van der Waals surface area contributed by atoms with E-state index in [4.69, 9.17) is 10.2 Å². The summed E-state index contributed by atoms with van der Waals surface area (Å²) in [4.78, 5) is 0. The number of nitrogens with one attached hydrogen (secondary N) is 1. The Labute approximate surface area is 72.6 Å². The first kappa shape index (κ1) is 11.8. The molecule has 0 aromatic rings. The number of nitrogens with zero attached hydrogens (tertiary/aromatic N) is 1. The molecule has 0 aromatic carbocycles. The highest BCUT2D eigenvalue weighted by atomic mass is 16.4. The van der Waals surface area contributed by atoms with Crippen molar-refractivity contribution in [2.24, 2.45) is 0 Å². The van der Waals surface area contributed by atoms with E-state index in [-0.39, 0.29) is 0 Å². The molecule has 0 saturated heterocycles. The molecule has 0 rings (SSSR count). The van der Waals surface area contributed by atoms with Crippen molar-refractivity contribution in [2.75, 3.05) is 0 Å². The van der Waals surface area contributed by atoms with E-state index in [0.29, 0.717) is 0 Å². The maximum absolute atomic E-state index is 9.31. The van der Waals surface area contributed by atoms with Crippen LogP contribution in [0.2, 0.25) is 0 Å². The molecule has 0 amide bonds. The van der Waals surface area contributed by atoms with Crippen LogP contribution in [0.3, 0.4) is 0 Å². The molecule has 0 aliphatic rings. The molecule has 12 heavy (non-hydrogen) atoms. The van der Waals surface area contributed by atoms with Crippen LogP contribution in [-0.4, -0.2) is 38.5 Å². The average molecular weight is 178 g/mol. The normalized spacial score (nSPS) is 18.0. The lowest BCUT2D eigenvalue weighted by Crippen LogP contribution is -2.57. The van der Waals surface area contributed by atoms with Gasteiger partial charge in [0.05, 0.1) is 0 Å². The van der Waals surface area contributed by atoms with Gasteiger partial charge in [0.2, 0.25) is 0 Å². The lowest BCUT2D eigenvalue weighted by atomic mass is 10.3. The Bertz CT molecular complexity index is 123. The highest BCUT2D eigenvalue weighted by Crippen LogP contribution is 2.03. The molecule has 2 unspecified atom stereocenters. The summed E-state index contributed by atoms with van der Waals surface area (Å²) < 4.78 is 0. The molecule has 0 fully saturated rings.